The molecule has 6 nitrogen and oxygen atoms in total. The molecule has 4 rings (SSSR count). The fourth-order valence-electron chi connectivity index (χ4n) is 3.72. The van der Waals surface area contributed by atoms with Gasteiger partial charge in [-0.25, -0.2) is 4.79 Å². The van der Waals surface area contributed by atoms with Crippen LogP contribution >= 0.6 is 0 Å². The number of ether oxygens (including phenoxy) is 2. The number of carbonyl (C=O) groups is 2. The van der Waals surface area contributed by atoms with Crippen LogP contribution in [0.5, 0.6) is 11.5 Å². The highest BCUT2D eigenvalue weighted by Crippen LogP contribution is 2.36. The van der Waals surface area contributed by atoms with Crippen LogP contribution in [-0.2, 0) is 17.8 Å². The quantitative estimate of drug-likeness (QED) is 0.309. The van der Waals surface area contributed by atoms with Crippen LogP contribution in [0.3, 0.4) is 0 Å². The molecule has 0 radical (unpaired) electrons. The first-order valence-corrected chi connectivity index (χ1v) is 10.4. The van der Waals surface area contributed by atoms with E-state index in [1.807, 2.05) is 31.2 Å². The molecule has 3 amide bonds. The largest absolute Gasteiger partial charge is 0.490 e. The summed E-state index contributed by atoms with van der Waals surface area (Å²) in [5.74, 6) is 0.750. The summed E-state index contributed by atoms with van der Waals surface area (Å²) in [7, 11) is 0. The van der Waals surface area contributed by atoms with Crippen molar-refractivity contribution < 1.29 is 19.1 Å². The lowest BCUT2D eigenvalue weighted by Gasteiger charge is -2.17. The highest BCUT2D eigenvalue weighted by atomic mass is 16.5. The van der Waals surface area contributed by atoms with Gasteiger partial charge in [-0.2, -0.15) is 0 Å². The molecule has 0 aliphatic carbocycles. The molecule has 1 heterocycles. The minimum Gasteiger partial charge on any atom is -0.490 e. The Bertz CT molecular complexity index is 1220. The van der Waals surface area contributed by atoms with Gasteiger partial charge >= 0.3 is 6.03 Å². The van der Waals surface area contributed by atoms with Crippen LogP contribution in [0.2, 0.25) is 0 Å². The molecule has 1 saturated heterocycles. The molecule has 0 atom stereocenters. The van der Waals surface area contributed by atoms with Crippen LogP contribution in [0, 0.1) is 0 Å². The van der Waals surface area contributed by atoms with E-state index in [9.17, 15) is 9.59 Å². The Hall–Kier alpha value is -4.06. The van der Waals surface area contributed by atoms with E-state index in [0.29, 0.717) is 31.1 Å². The molecule has 1 aliphatic rings. The normalized spacial score (nSPS) is 14.3. The van der Waals surface area contributed by atoms with E-state index in [0.717, 1.165) is 27.5 Å². The molecular formula is C26H24N2O4. The van der Waals surface area contributed by atoms with Gasteiger partial charge in [0.2, 0.25) is 0 Å². The minimum absolute atomic E-state index is 0.187. The Morgan fingerprint density at radius 1 is 0.969 bits per heavy atom. The van der Waals surface area contributed by atoms with Gasteiger partial charge in [-0.1, -0.05) is 48.5 Å². The summed E-state index contributed by atoms with van der Waals surface area (Å²) < 4.78 is 12.2. The maximum Gasteiger partial charge on any atom is 0.326 e. The van der Waals surface area contributed by atoms with Gasteiger partial charge in [-0.3, -0.25) is 10.1 Å². The van der Waals surface area contributed by atoms with E-state index in [4.69, 9.17) is 9.47 Å². The number of hydrogen-bond donors (Lipinski definition) is 2. The lowest BCUT2D eigenvalue weighted by Crippen LogP contribution is -2.22. The summed E-state index contributed by atoms with van der Waals surface area (Å²) in [6.07, 6.45) is 3.96. The van der Waals surface area contributed by atoms with Gasteiger partial charge in [-0.15, -0.1) is 6.58 Å². The van der Waals surface area contributed by atoms with E-state index < -0.39 is 11.9 Å². The van der Waals surface area contributed by atoms with Gasteiger partial charge in [0.25, 0.3) is 5.91 Å². The second kappa shape index (κ2) is 9.39. The van der Waals surface area contributed by atoms with E-state index in [1.54, 1.807) is 18.2 Å². The van der Waals surface area contributed by atoms with Gasteiger partial charge in [0.05, 0.1) is 6.61 Å². The molecule has 0 unspecified atom stereocenters. The number of urea groups is 1. The van der Waals surface area contributed by atoms with Crippen molar-refractivity contribution in [3.8, 4) is 11.5 Å². The maximum atomic E-state index is 11.9. The summed E-state index contributed by atoms with van der Waals surface area (Å²) in [5, 5.41) is 7.00. The average molecular weight is 428 g/mol. The first kappa shape index (κ1) is 21.2. The lowest BCUT2D eigenvalue weighted by atomic mass is 10.0. The van der Waals surface area contributed by atoms with Gasteiger partial charge in [0.15, 0.2) is 11.5 Å². The van der Waals surface area contributed by atoms with Crippen LogP contribution < -0.4 is 20.1 Å². The molecular weight excluding hydrogens is 404 g/mol. The molecule has 3 aromatic rings. The number of rotatable bonds is 8. The van der Waals surface area contributed by atoms with Crippen LogP contribution in [0.1, 0.15) is 23.6 Å². The number of amides is 3. The third-order valence-corrected chi connectivity index (χ3v) is 5.10. The Morgan fingerprint density at radius 3 is 2.53 bits per heavy atom. The van der Waals surface area contributed by atoms with Gasteiger partial charge in [-0.05, 0) is 53.5 Å². The first-order chi connectivity index (χ1) is 15.6. The van der Waals surface area contributed by atoms with Crippen molar-refractivity contribution in [3.63, 3.8) is 0 Å². The molecule has 0 aromatic heterocycles. The maximum absolute atomic E-state index is 11.9. The molecule has 1 aliphatic heterocycles. The van der Waals surface area contributed by atoms with Crippen LogP contribution in [-0.4, -0.2) is 18.5 Å². The molecule has 1 fully saturated rings. The predicted octanol–water partition coefficient (Wildman–Crippen LogP) is 4.73. The van der Waals surface area contributed by atoms with E-state index in [1.165, 1.54) is 0 Å². The third-order valence-electron chi connectivity index (χ3n) is 5.10. The van der Waals surface area contributed by atoms with Gasteiger partial charge in [0.1, 0.15) is 12.3 Å². The number of carbonyl (C=O) groups excluding carboxylic acids is 2. The smallest absolute Gasteiger partial charge is 0.326 e. The Balaban J connectivity index is 1.70. The van der Waals surface area contributed by atoms with Crippen molar-refractivity contribution in [1.82, 2.24) is 10.6 Å². The zero-order chi connectivity index (χ0) is 22.5. The fraction of sp³-hybridized carbons (Fsp3) is 0.154. The van der Waals surface area contributed by atoms with Crippen LogP contribution in [0.25, 0.3) is 16.8 Å². The van der Waals surface area contributed by atoms with Crippen molar-refractivity contribution in [1.29, 1.82) is 0 Å². The highest BCUT2D eigenvalue weighted by molar-refractivity contribution is 6.14. The van der Waals surface area contributed by atoms with Gasteiger partial charge in [0, 0.05) is 5.56 Å². The zero-order valence-electron chi connectivity index (χ0n) is 17.8. The van der Waals surface area contributed by atoms with Crippen molar-refractivity contribution >= 4 is 28.8 Å². The van der Waals surface area contributed by atoms with E-state index in [-0.39, 0.29) is 5.70 Å². The second-order valence-electron chi connectivity index (χ2n) is 7.33. The Morgan fingerprint density at radius 2 is 1.78 bits per heavy atom. The molecule has 162 valence electrons. The summed E-state index contributed by atoms with van der Waals surface area (Å²) in [6.45, 7) is 6.59. The van der Waals surface area contributed by atoms with Crippen molar-refractivity contribution in [2.75, 3.05) is 6.61 Å². The number of allylic oxidation sites excluding steroid dienone is 1. The molecule has 0 bridgehead atoms. The second-order valence-corrected chi connectivity index (χ2v) is 7.33. The predicted molar refractivity (Wildman–Crippen MR) is 124 cm³/mol. The number of imide groups is 1. The van der Waals surface area contributed by atoms with Crippen LogP contribution in [0.15, 0.2) is 72.9 Å². The first-order valence-electron chi connectivity index (χ1n) is 10.4. The molecule has 0 spiro atoms. The zero-order valence-corrected chi connectivity index (χ0v) is 17.8. The fourth-order valence-corrected chi connectivity index (χ4v) is 3.72. The SMILES string of the molecule is C=CCc1cc(/C=C2/NC(=O)NC2=O)cc(OCC)c1OCc1cccc2ccccc12. The highest BCUT2D eigenvalue weighted by Gasteiger charge is 2.23. The molecule has 2 N–H and O–H groups in total. The Labute approximate surface area is 186 Å². The number of fused-ring (bicyclic) bond motifs is 1. The van der Waals surface area contributed by atoms with E-state index >= 15 is 0 Å². The summed E-state index contributed by atoms with van der Waals surface area (Å²) in [6, 6.07) is 17.5. The molecule has 0 saturated carbocycles. The van der Waals surface area contributed by atoms with Crippen molar-refractivity contribution in [2.45, 2.75) is 20.0 Å². The topological polar surface area (TPSA) is 76.7 Å². The minimum atomic E-state index is -0.535. The number of nitrogens with one attached hydrogen (secondary N) is 2. The molecule has 32 heavy (non-hydrogen) atoms. The van der Waals surface area contributed by atoms with Crippen molar-refractivity contribution in [2.24, 2.45) is 0 Å². The van der Waals surface area contributed by atoms with Gasteiger partial charge < -0.3 is 14.8 Å². The average Bonchev–Trinajstić information content (AvgIpc) is 3.10. The van der Waals surface area contributed by atoms with Crippen LogP contribution in [0.4, 0.5) is 4.79 Å². The molecule has 3 aromatic carbocycles. The monoisotopic (exact) mass is 428 g/mol. The lowest BCUT2D eigenvalue weighted by molar-refractivity contribution is -0.115. The summed E-state index contributed by atoms with van der Waals surface area (Å²) in [4.78, 5) is 23.3. The summed E-state index contributed by atoms with van der Waals surface area (Å²) in [5.41, 5.74) is 2.86. The Kier molecular flexibility index (Phi) is 6.22. The van der Waals surface area contributed by atoms with E-state index in [2.05, 4.69) is 41.5 Å². The summed E-state index contributed by atoms with van der Waals surface area (Å²) >= 11 is 0. The van der Waals surface area contributed by atoms with Crippen molar-refractivity contribution in [3.05, 3.63) is 89.6 Å². The molecule has 6 heteroatoms. The number of benzene rings is 3. The third kappa shape index (κ3) is 4.49. The number of hydrogen-bond acceptors (Lipinski definition) is 4. The standard InChI is InChI=1S/C26H24N2O4/c1-3-8-19-13-17(14-22-25(29)28-26(30)27-22)15-23(31-4-2)24(19)32-16-20-11-7-10-18-9-5-6-12-21(18)20/h3,5-7,9-15H,1,4,8,16H2,2H3,(H2,27,28,29,30)/b22-14+.